The molecule has 27 heavy (non-hydrogen) atoms. The summed E-state index contributed by atoms with van der Waals surface area (Å²) in [6, 6.07) is 21.4. The molecule has 1 heterocycles. The van der Waals surface area contributed by atoms with Crippen molar-refractivity contribution in [2.75, 3.05) is 5.32 Å². The summed E-state index contributed by atoms with van der Waals surface area (Å²) in [6.45, 7) is 1.85. The maximum Gasteiger partial charge on any atom is 0.282 e. The van der Waals surface area contributed by atoms with Crippen LogP contribution < -0.4 is 16.4 Å². The highest BCUT2D eigenvalue weighted by atomic mass is 32.1. The van der Waals surface area contributed by atoms with E-state index in [0.29, 0.717) is 10.6 Å². The van der Waals surface area contributed by atoms with Crippen molar-refractivity contribution in [1.29, 1.82) is 0 Å². The van der Waals surface area contributed by atoms with Crippen LogP contribution in [0, 0.1) is 0 Å². The van der Waals surface area contributed by atoms with Gasteiger partial charge in [-0.25, -0.2) is 0 Å². The smallest absolute Gasteiger partial charge is 0.282 e. The Balaban J connectivity index is 1.78. The van der Waals surface area contributed by atoms with Crippen LogP contribution in [0.5, 0.6) is 0 Å². The normalized spacial score (nSPS) is 11.9. The number of primary amides is 1. The van der Waals surface area contributed by atoms with E-state index in [2.05, 4.69) is 29.6 Å². The maximum absolute atomic E-state index is 12.7. The maximum atomic E-state index is 12.7. The number of quaternary nitrogens is 1. The van der Waals surface area contributed by atoms with Crippen LogP contribution in [0.1, 0.15) is 34.5 Å². The van der Waals surface area contributed by atoms with Gasteiger partial charge in [-0.15, -0.1) is 11.3 Å². The van der Waals surface area contributed by atoms with E-state index < -0.39 is 5.91 Å². The molecule has 1 atom stereocenters. The molecule has 1 aromatic heterocycles. The number of amides is 2. The van der Waals surface area contributed by atoms with Gasteiger partial charge in [-0.2, -0.15) is 0 Å². The zero-order valence-corrected chi connectivity index (χ0v) is 15.8. The molecular formula is C21H22N3O2S+. The van der Waals surface area contributed by atoms with Gasteiger partial charge in [0, 0.05) is 11.1 Å². The zero-order chi connectivity index (χ0) is 19.2. The molecule has 2 amide bonds. The van der Waals surface area contributed by atoms with E-state index >= 15 is 0 Å². The van der Waals surface area contributed by atoms with Crippen LogP contribution in [0.3, 0.4) is 0 Å². The second-order valence-electron chi connectivity index (χ2n) is 6.30. The minimum atomic E-state index is -0.547. The first-order chi connectivity index (χ1) is 13.1. The van der Waals surface area contributed by atoms with Crippen LogP contribution in [0.25, 0.3) is 0 Å². The zero-order valence-electron chi connectivity index (χ0n) is 15.0. The first-order valence-corrected chi connectivity index (χ1v) is 9.57. The molecule has 0 radical (unpaired) electrons. The van der Waals surface area contributed by atoms with Crippen molar-refractivity contribution in [2.24, 2.45) is 5.73 Å². The molecular weight excluding hydrogens is 358 g/mol. The second-order valence-corrected chi connectivity index (χ2v) is 7.21. The summed E-state index contributed by atoms with van der Waals surface area (Å²) in [4.78, 5) is 24.1. The Morgan fingerprint density at radius 2 is 1.52 bits per heavy atom. The molecule has 0 aliphatic carbocycles. The molecule has 0 aliphatic heterocycles. The number of anilines is 1. The molecule has 0 aliphatic rings. The van der Waals surface area contributed by atoms with E-state index in [1.807, 2.05) is 48.6 Å². The van der Waals surface area contributed by atoms with E-state index in [0.717, 1.165) is 11.1 Å². The van der Waals surface area contributed by atoms with Gasteiger partial charge in [-0.1, -0.05) is 60.7 Å². The number of hydrogen-bond acceptors (Lipinski definition) is 3. The molecule has 5 nitrogen and oxygen atoms in total. The topological polar surface area (TPSA) is 88.8 Å². The summed E-state index contributed by atoms with van der Waals surface area (Å²) >= 11 is 1.29. The number of rotatable bonds is 7. The minimum absolute atomic E-state index is 0.00732. The lowest BCUT2D eigenvalue weighted by Crippen LogP contribution is -2.92. The molecule has 0 saturated heterocycles. The first kappa shape index (κ1) is 18.8. The average molecular weight is 380 g/mol. The average Bonchev–Trinajstić information content (AvgIpc) is 3.15. The van der Waals surface area contributed by atoms with E-state index in [-0.39, 0.29) is 18.0 Å². The van der Waals surface area contributed by atoms with Crippen LogP contribution >= 0.6 is 11.3 Å². The van der Waals surface area contributed by atoms with Crippen molar-refractivity contribution >= 4 is 28.2 Å². The van der Waals surface area contributed by atoms with Crippen molar-refractivity contribution in [2.45, 2.75) is 19.0 Å². The standard InChI is InChI=1S/C21H21N3O2S/c1-14(20(26)24-21-17(19(22)25)12-13-27-21)23-18(15-8-4-2-5-9-15)16-10-6-3-7-11-16/h2-14,18,23H,1H3,(H2,22,25)(H,24,26)/p+1/t14-/m1/s1. The SMILES string of the molecule is C[C@@H]([NH2+]C(c1ccccc1)c1ccccc1)C(=O)Nc1sccc1C(N)=O. The lowest BCUT2D eigenvalue weighted by molar-refractivity contribution is -0.704. The van der Waals surface area contributed by atoms with Gasteiger partial charge in [-0.3, -0.25) is 9.59 Å². The van der Waals surface area contributed by atoms with Crippen LogP contribution in [-0.4, -0.2) is 17.9 Å². The second kappa shape index (κ2) is 8.62. The van der Waals surface area contributed by atoms with Crippen molar-refractivity contribution < 1.29 is 14.9 Å². The highest BCUT2D eigenvalue weighted by Gasteiger charge is 2.25. The molecule has 3 rings (SSSR count). The number of benzene rings is 2. The third kappa shape index (κ3) is 4.61. The monoisotopic (exact) mass is 380 g/mol. The number of nitrogens with one attached hydrogen (secondary N) is 1. The Morgan fingerprint density at radius 1 is 0.963 bits per heavy atom. The van der Waals surface area contributed by atoms with E-state index in [4.69, 9.17) is 5.73 Å². The Bertz CT molecular complexity index is 870. The molecule has 6 heteroatoms. The largest absolute Gasteiger partial charge is 0.366 e. The van der Waals surface area contributed by atoms with Crippen molar-refractivity contribution in [3.05, 3.63) is 88.8 Å². The van der Waals surface area contributed by atoms with Gasteiger partial charge >= 0.3 is 0 Å². The molecule has 138 valence electrons. The molecule has 3 aromatic rings. The fraction of sp³-hybridized carbons (Fsp3) is 0.143. The molecule has 0 bridgehead atoms. The highest BCUT2D eigenvalue weighted by molar-refractivity contribution is 7.14. The highest BCUT2D eigenvalue weighted by Crippen LogP contribution is 2.23. The molecule has 5 N–H and O–H groups in total. The Kier molecular flexibility index (Phi) is 6.01. The number of carbonyl (C=O) groups excluding carboxylic acids is 2. The van der Waals surface area contributed by atoms with Gasteiger partial charge in [0.05, 0.1) is 5.56 Å². The quantitative estimate of drug-likeness (QED) is 0.588. The van der Waals surface area contributed by atoms with Gasteiger partial charge < -0.3 is 16.4 Å². The van der Waals surface area contributed by atoms with E-state index in [1.165, 1.54) is 11.3 Å². The summed E-state index contributed by atoms with van der Waals surface area (Å²) in [5.74, 6) is -0.716. The summed E-state index contributed by atoms with van der Waals surface area (Å²) in [5, 5.41) is 7.08. The van der Waals surface area contributed by atoms with Gasteiger partial charge in [-0.05, 0) is 18.4 Å². The Labute approximate surface area is 162 Å². The van der Waals surface area contributed by atoms with E-state index in [1.54, 1.807) is 11.4 Å². The van der Waals surface area contributed by atoms with Crippen molar-refractivity contribution in [3.63, 3.8) is 0 Å². The number of carbonyl (C=O) groups is 2. The Morgan fingerprint density at radius 3 is 2.04 bits per heavy atom. The molecule has 0 spiro atoms. The molecule has 2 aromatic carbocycles. The predicted octanol–water partition coefficient (Wildman–Crippen LogP) is 2.53. The third-order valence-corrected chi connectivity index (χ3v) is 5.21. The summed E-state index contributed by atoms with van der Waals surface area (Å²) in [5.41, 5.74) is 7.93. The number of nitrogens with two attached hydrogens (primary N) is 2. The van der Waals surface area contributed by atoms with Crippen LogP contribution in [-0.2, 0) is 4.79 Å². The van der Waals surface area contributed by atoms with Crippen LogP contribution in [0.4, 0.5) is 5.00 Å². The summed E-state index contributed by atoms with van der Waals surface area (Å²) in [6.07, 6.45) is 0. The summed E-state index contributed by atoms with van der Waals surface area (Å²) < 4.78 is 0. The first-order valence-electron chi connectivity index (χ1n) is 8.69. The van der Waals surface area contributed by atoms with Crippen molar-refractivity contribution in [1.82, 2.24) is 0 Å². The van der Waals surface area contributed by atoms with Gasteiger partial charge in [0.2, 0.25) is 0 Å². The van der Waals surface area contributed by atoms with Gasteiger partial charge in [0.1, 0.15) is 11.0 Å². The Hall–Kier alpha value is -2.96. The molecule has 0 unspecified atom stereocenters. The third-order valence-electron chi connectivity index (χ3n) is 4.38. The molecule has 0 saturated carbocycles. The van der Waals surface area contributed by atoms with Gasteiger partial charge in [0.25, 0.3) is 11.8 Å². The predicted molar refractivity (Wildman–Crippen MR) is 108 cm³/mol. The van der Waals surface area contributed by atoms with Gasteiger partial charge in [0.15, 0.2) is 6.04 Å². The van der Waals surface area contributed by atoms with Crippen molar-refractivity contribution in [3.8, 4) is 0 Å². The number of thiophene rings is 1. The molecule has 0 fully saturated rings. The lowest BCUT2D eigenvalue weighted by Gasteiger charge is -2.20. The fourth-order valence-electron chi connectivity index (χ4n) is 2.94. The lowest BCUT2D eigenvalue weighted by atomic mass is 9.98. The fourth-order valence-corrected chi connectivity index (χ4v) is 3.73. The summed E-state index contributed by atoms with van der Waals surface area (Å²) in [7, 11) is 0. The number of hydrogen-bond donors (Lipinski definition) is 3. The van der Waals surface area contributed by atoms with Crippen LogP contribution in [0.15, 0.2) is 72.1 Å². The van der Waals surface area contributed by atoms with Crippen LogP contribution in [0.2, 0.25) is 0 Å². The minimum Gasteiger partial charge on any atom is -0.366 e. The van der Waals surface area contributed by atoms with E-state index in [9.17, 15) is 9.59 Å².